The lowest BCUT2D eigenvalue weighted by atomic mass is 10.1. The predicted molar refractivity (Wildman–Crippen MR) is 125 cm³/mol. The van der Waals surface area contributed by atoms with Crippen molar-refractivity contribution in [2.45, 2.75) is 67.6 Å². The molecule has 0 aliphatic heterocycles. The molecule has 3 aromatic rings. The van der Waals surface area contributed by atoms with Crippen LogP contribution in [0.1, 0.15) is 49.8 Å². The van der Waals surface area contributed by atoms with Gasteiger partial charge in [-0.05, 0) is 50.5 Å². The lowest BCUT2D eigenvalue weighted by Gasteiger charge is -2.20. The minimum atomic E-state index is -4.75. The molecule has 12 heteroatoms. The number of sulfonamides is 1. The van der Waals surface area contributed by atoms with Crippen LogP contribution < -0.4 is 4.72 Å². The van der Waals surface area contributed by atoms with E-state index in [2.05, 4.69) is 23.7 Å². The first-order valence-electron chi connectivity index (χ1n) is 10.9. The summed E-state index contributed by atoms with van der Waals surface area (Å²) in [5.41, 5.74) is 1.87. The van der Waals surface area contributed by atoms with Crippen molar-refractivity contribution in [1.29, 1.82) is 5.26 Å². The quantitative estimate of drug-likeness (QED) is 0.332. The van der Waals surface area contributed by atoms with Crippen molar-refractivity contribution in [3.05, 3.63) is 41.3 Å². The Labute approximate surface area is 205 Å². The fourth-order valence-corrected chi connectivity index (χ4v) is 5.96. The minimum absolute atomic E-state index is 0.0201. The van der Waals surface area contributed by atoms with Gasteiger partial charge in [0, 0.05) is 22.5 Å². The van der Waals surface area contributed by atoms with Gasteiger partial charge in [-0.15, -0.1) is 12.6 Å². The standard InChI is InChI=1S/C23H22F4N4O2S2/c1-12-7-15(35(32,33)30-13(2)23(25,26)27)11-29-21(12)22-17(10-28)16-8-18(24)20(34)9-19(16)31(22)14-5-3-4-6-14/h7-9,11,13-14,30,34H,3-6H2,1-2H3/t13-/m0/s1. The van der Waals surface area contributed by atoms with E-state index in [0.29, 0.717) is 34.8 Å². The van der Waals surface area contributed by atoms with Gasteiger partial charge in [-0.25, -0.2) is 12.8 Å². The molecule has 4 rings (SSSR count). The fraction of sp³-hybridized carbons (Fsp3) is 0.391. The van der Waals surface area contributed by atoms with E-state index >= 15 is 0 Å². The summed E-state index contributed by atoms with van der Waals surface area (Å²) in [4.78, 5) is 3.98. The summed E-state index contributed by atoms with van der Waals surface area (Å²) in [6.45, 7) is 2.28. The molecule has 1 saturated carbocycles. The zero-order chi connectivity index (χ0) is 25.7. The second-order valence-electron chi connectivity index (χ2n) is 8.69. The van der Waals surface area contributed by atoms with Gasteiger partial charge in [-0.3, -0.25) is 4.98 Å². The van der Waals surface area contributed by atoms with Crippen molar-refractivity contribution in [3.8, 4) is 17.5 Å². The molecule has 35 heavy (non-hydrogen) atoms. The van der Waals surface area contributed by atoms with Gasteiger partial charge in [0.15, 0.2) is 0 Å². The van der Waals surface area contributed by atoms with Crippen molar-refractivity contribution >= 4 is 33.6 Å². The van der Waals surface area contributed by atoms with E-state index in [1.54, 1.807) is 17.7 Å². The van der Waals surface area contributed by atoms with Crippen LogP contribution in [0.15, 0.2) is 34.2 Å². The number of halogens is 4. The van der Waals surface area contributed by atoms with Gasteiger partial charge in [0.25, 0.3) is 0 Å². The lowest BCUT2D eigenvalue weighted by molar-refractivity contribution is -0.147. The van der Waals surface area contributed by atoms with Crippen LogP contribution in [0.4, 0.5) is 17.6 Å². The van der Waals surface area contributed by atoms with Gasteiger partial charge in [0.1, 0.15) is 22.8 Å². The molecule has 1 N–H and O–H groups in total. The van der Waals surface area contributed by atoms with Crippen LogP contribution in [-0.2, 0) is 10.0 Å². The van der Waals surface area contributed by atoms with Gasteiger partial charge in [0.05, 0.1) is 22.5 Å². The smallest absolute Gasteiger partial charge is 0.335 e. The Morgan fingerprint density at radius 3 is 2.49 bits per heavy atom. The first-order valence-corrected chi connectivity index (χ1v) is 12.8. The van der Waals surface area contributed by atoms with E-state index in [1.165, 1.54) is 12.1 Å². The van der Waals surface area contributed by atoms with E-state index in [4.69, 9.17) is 0 Å². The molecule has 1 fully saturated rings. The maximum atomic E-state index is 14.4. The molecule has 0 unspecified atom stereocenters. The van der Waals surface area contributed by atoms with E-state index in [9.17, 15) is 31.2 Å². The normalized spacial score (nSPS) is 16.1. The summed E-state index contributed by atoms with van der Waals surface area (Å²) in [6, 6.07) is 3.90. The fourth-order valence-electron chi connectivity index (χ4n) is 4.52. The predicted octanol–water partition coefficient (Wildman–Crippen LogP) is 5.66. The Kier molecular flexibility index (Phi) is 6.63. The van der Waals surface area contributed by atoms with E-state index in [-0.39, 0.29) is 16.5 Å². The number of hydrogen-bond acceptors (Lipinski definition) is 5. The zero-order valence-corrected chi connectivity index (χ0v) is 20.5. The number of hydrogen-bond donors (Lipinski definition) is 2. The molecule has 0 spiro atoms. The van der Waals surface area contributed by atoms with Gasteiger partial charge < -0.3 is 4.57 Å². The maximum Gasteiger partial charge on any atom is 0.404 e. The van der Waals surface area contributed by atoms with Gasteiger partial charge in [-0.2, -0.15) is 23.2 Å². The molecule has 1 aliphatic rings. The molecular weight excluding hydrogens is 504 g/mol. The average Bonchev–Trinajstić information content (AvgIpc) is 3.39. The highest BCUT2D eigenvalue weighted by Crippen LogP contribution is 2.42. The van der Waals surface area contributed by atoms with Gasteiger partial charge in [-0.1, -0.05) is 12.8 Å². The highest BCUT2D eigenvalue weighted by Gasteiger charge is 2.39. The summed E-state index contributed by atoms with van der Waals surface area (Å²) in [5, 5.41) is 10.4. The first kappa shape index (κ1) is 25.5. The topological polar surface area (TPSA) is 87.8 Å². The highest BCUT2D eigenvalue weighted by molar-refractivity contribution is 7.89. The lowest BCUT2D eigenvalue weighted by Crippen LogP contribution is -2.43. The van der Waals surface area contributed by atoms with Crippen LogP contribution in [0.25, 0.3) is 22.3 Å². The monoisotopic (exact) mass is 526 g/mol. The van der Waals surface area contributed by atoms with Crippen LogP contribution in [0, 0.1) is 24.1 Å². The Morgan fingerprint density at radius 1 is 1.26 bits per heavy atom. The van der Waals surface area contributed by atoms with Crippen molar-refractivity contribution in [2.75, 3.05) is 0 Å². The van der Waals surface area contributed by atoms with Gasteiger partial charge >= 0.3 is 6.18 Å². The molecule has 0 saturated heterocycles. The Balaban J connectivity index is 1.90. The highest BCUT2D eigenvalue weighted by atomic mass is 32.2. The number of aromatic nitrogens is 2. The molecular formula is C23H22F4N4O2S2. The zero-order valence-electron chi connectivity index (χ0n) is 18.8. The van der Waals surface area contributed by atoms with Crippen molar-refractivity contribution in [3.63, 3.8) is 0 Å². The molecule has 1 aliphatic carbocycles. The van der Waals surface area contributed by atoms with E-state index < -0.39 is 33.0 Å². The molecule has 0 amide bonds. The SMILES string of the molecule is Cc1cc(S(=O)(=O)N[C@@H](C)C(F)(F)F)cnc1-c1c(C#N)c2cc(F)c(S)cc2n1C1CCCC1. The second kappa shape index (κ2) is 9.11. The first-order chi connectivity index (χ1) is 16.3. The maximum absolute atomic E-state index is 14.4. The Hall–Kier alpha value is -2.62. The number of benzene rings is 1. The summed E-state index contributed by atoms with van der Waals surface area (Å²) in [5.74, 6) is -0.580. The van der Waals surface area contributed by atoms with Crippen LogP contribution in [0.5, 0.6) is 0 Å². The van der Waals surface area contributed by atoms with Crippen molar-refractivity contribution < 1.29 is 26.0 Å². The number of rotatable bonds is 5. The molecule has 0 radical (unpaired) electrons. The van der Waals surface area contributed by atoms with Crippen LogP contribution in [-0.4, -0.2) is 30.2 Å². The summed E-state index contributed by atoms with van der Waals surface area (Å²) < 4.78 is 81.7. The second-order valence-corrected chi connectivity index (χ2v) is 10.9. The van der Waals surface area contributed by atoms with Crippen LogP contribution in [0.3, 0.4) is 0 Å². The van der Waals surface area contributed by atoms with Crippen molar-refractivity contribution in [1.82, 2.24) is 14.3 Å². The largest absolute Gasteiger partial charge is 0.404 e. The van der Waals surface area contributed by atoms with Crippen LogP contribution >= 0.6 is 12.6 Å². The number of alkyl halides is 3. The molecule has 1 atom stereocenters. The third-order valence-electron chi connectivity index (χ3n) is 6.28. The Bertz CT molecular complexity index is 1450. The summed E-state index contributed by atoms with van der Waals surface area (Å²) in [7, 11) is -4.51. The summed E-state index contributed by atoms with van der Waals surface area (Å²) >= 11 is 4.20. The van der Waals surface area contributed by atoms with Crippen LogP contribution in [0.2, 0.25) is 0 Å². The van der Waals surface area contributed by atoms with Gasteiger partial charge in [0.2, 0.25) is 10.0 Å². The number of aryl methyl sites for hydroxylation is 1. The third kappa shape index (κ3) is 4.64. The molecule has 6 nitrogen and oxygen atoms in total. The number of fused-ring (bicyclic) bond motifs is 1. The molecule has 2 aromatic heterocycles. The number of nitrogens with zero attached hydrogens (tertiary/aromatic N) is 3. The minimum Gasteiger partial charge on any atom is -0.335 e. The molecule has 1 aromatic carbocycles. The van der Waals surface area contributed by atoms with Crippen molar-refractivity contribution in [2.24, 2.45) is 0 Å². The molecule has 186 valence electrons. The number of thiol groups is 1. The molecule has 2 heterocycles. The van der Waals surface area contributed by atoms with E-state index in [1.807, 2.05) is 4.57 Å². The van der Waals surface area contributed by atoms with E-state index in [0.717, 1.165) is 31.9 Å². The molecule has 0 bridgehead atoms. The third-order valence-corrected chi connectivity index (χ3v) is 8.13. The Morgan fingerprint density at radius 2 is 1.91 bits per heavy atom. The number of nitrogens with one attached hydrogen (secondary N) is 1. The number of nitriles is 1. The summed E-state index contributed by atoms with van der Waals surface area (Å²) in [6.07, 6.45) is -0.144. The number of pyridine rings is 1. The average molecular weight is 527 g/mol.